The average Bonchev–Trinajstić information content (AvgIpc) is 2.92. The Morgan fingerprint density at radius 1 is 1.04 bits per heavy atom. The molecule has 1 aromatic heterocycles. The van der Waals surface area contributed by atoms with E-state index in [0.29, 0.717) is 0 Å². The predicted molar refractivity (Wildman–Crippen MR) is 94.1 cm³/mol. The van der Waals surface area contributed by atoms with Crippen LogP contribution in [0.1, 0.15) is 36.3 Å². The van der Waals surface area contributed by atoms with E-state index in [9.17, 15) is 0 Å². The van der Waals surface area contributed by atoms with Gasteiger partial charge < -0.3 is 14.5 Å². The molecule has 1 atom stereocenters. The number of para-hydroxylation sites is 1. The van der Waals surface area contributed by atoms with Gasteiger partial charge >= 0.3 is 0 Å². The average molecular weight is 309 g/mol. The van der Waals surface area contributed by atoms with Gasteiger partial charge in [0.25, 0.3) is 0 Å². The summed E-state index contributed by atoms with van der Waals surface area (Å²) in [6.45, 7) is 4.98. The fourth-order valence-electron chi connectivity index (χ4n) is 3.00. The Morgan fingerprint density at radius 2 is 1.78 bits per heavy atom. The van der Waals surface area contributed by atoms with Gasteiger partial charge in [-0.15, -0.1) is 0 Å². The molecule has 3 aromatic rings. The van der Waals surface area contributed by atoms with Gasteiger partial charge in [0.1, 0.15) is 11.9 Å². The first-order chi connectivity index (χ1) is 11.2. The first-order valence-electron chi connectivity index (χ1n) is 8.07. The zero-order valence-electron chi connectivity index (χ0n) is 13.9. The zero-order valence-corrected chi connectivity index (χ0v) is 13.9. The van der Waals surface area contributed by atoms with E-state index in [0.717, 1.165) is 35.6 Å². The molecule has 3 heteroatoms. The van der Waals surface area contributed by atoms with Crippen LogP contribution in [0.4, 0.5) is 0 Å². The third kappa shape index (κ3) is 3.10. The topological polar surface area (TPSA) is 34.2 Å². The number of ether oxygens (including phenoxy) is 2. The van der Waals surface area contributed by atoms with Crippen LogP contribution in [0.25, 0.3) is 10.9 Å². The molecule has 120 valence electrons. The van der Waals surface area contributed by atoms with E-state index in [1.165, 1.54) is 10.9 Å². The Hall–Kier alpha value is -2.26. The van der Waals surface area contributed by atoms with Gasteiger partial charge in [-0.2, -0.15) is 0 Å². The highest BCUT2D eigenvalue weighted by atomic mass is 16.5. The van der Waals surface area contributed by atoms with Gasteiger partial charge in [-0.3, -0.25) is 0 Å². The highest BCUT2D eigenvalue weighted by Gasteiger charge is 2.21. The maximum atomic E-state index is 6.22. The quantitative estimate of drug-likeness (QED) is 0.695. The van der Waals surface area contributed by atoms with Gasteiger partial charge in [0.05, 0.1) is 7.11 Å². The number of hydrogen-bond acceptors (Lipinski definition) is 2. The Kier molecular flexibility index (Phi) is 4.68. The lowest BCUT2D eigenvalue weighted by molar-refractivity contribution is 0.0811. The third-order valence-electron chi connectivity index (χ3n) is 4.11. The van der Waals surface area contributed by atoms with Crippen LogP contribution in [0.5, 0.6) is 5.75 Å². The van der Waals surface area contributed by atoms with Crippen molar-refractivity contribution >= 4 is 10.9 Å². The maximum Gasteiger partial charge on any atom is 0.118 e. The number of rotatable bonds is 6. The molecule has 0 radical (unpaired) electrons. The summed E-state index contributed by atoms with van der Waals surface area (Å²) in [5.41, 5.74) is 4.67. The molecule has 0 saturated carbocycles. The van der Waals surface area contributed by atoms with Crippen LogP contribution in [0.15, 0.2) is 48.5 Å². The van der Waals surface area contributed by atoms with Crippen LogP contribution in [0.2, 0.25) is 0 Å². The first-order valence-corrected chi connectivity index (χ1v) is 8.07. The van der Waals surface area contributed by atoms with E-state index in [2.05, 4.69) is 55.2 Å². The van der Waals surface area contributed by atoms with Crippen molar-refractivity contribution < 1.29 is 9.47 Å². The number of aryl methyl sites for hydroxylation is 1. The summed E-state index contributed by atoms with van der Waals surface area (Å²) in [6, 6.07) is 16.5. The molecule has 1 N–H and O–H groups in total. The second-order valence-electron chi connectivity index (χ2n) is 5.73. The Morgan fingerprint density at radius 3 is 2.48 bits per heavy atom. The van der Waals surface area contributed by atoms with Gasteiger partial charge in [0.2, 0.25) is 0 Å². The van der Waals surface area contributed by atoms with Crippen LogP contribution < -0.4 is 4.74 Å². The lowest BCUT2D eigenvalue weighted by Crippen LogP contribution is -2.08. The number of aromatic nitrogens is 1. The largest absolute Gasteiger partial charge is 0.497 e. The predicted octanol–water partition coefficient (Wildman–Crippen LogP) is 5.00. The molecule has 3 rings (SSSR count). The second kappa shape index (κ2) is 6.88. The zero-order chi connectivity index (χ0) is 16.2. The van der Waals surface area contributed by atoms with Crippen LogP contribution in [0.3, 0.4) is 0 Å². The molecule has 0 aliphatic heterocycles. The Labute approximate surface area is 137 Å². The fraction of sp³-hybridized carbons (Fsp3) is 0.300. The van der Waals surface area contributed by atoms with Gasteiger partial charge in [0.15, 0.2) is 0 Å². The molecule has 3 nitrogen and oxygen atoms in total. The van der Waals surface area contributed by atoms with E-state index in [1.54, 1.807) is 7.11 Å². The van der Waals surface area contributed by atoms with Crippen molar-refractivity contribution in [3.63, 3.8) is 0 Å². The molecule has 0 spiro atoms. The van der Waals surface area contributed by atoms with Gasteiger partial charge in [-0.25, -0.2) is 0 Å². The molecule has 1 unspecified atom stereocenters. The maximum absolute atomic E-state index is 6.22. The molecule has 23 heavy (non-hydrogen) atoms. The summed E-state index contributed by atoms with van der Waals surface area (Å²) in [5.74, 6) is 0.860. The number of aromatic amines is 1. The van der Waals surface area contributed by atoms with Crippen molar-refractivity contribution in [2.45, 2.75) is 26.4 Å². The number of hydrogen-bond donors (Lipinski definition) is 1. The highest BCUT2D eigenvalue weighted by Crippen LogP contribution is 2.35. The molecule has 0 bridgehead atoms. The van der Waals surface area contributed by atoms with Crippen LogP contribution in [-0.4, -0.2) is 18.7 Å². The number of H-pyrrole nitrogens is 1. The van der Waals surface area contributed by atoms with E-state index in [1.807, 2.05) is 12.1 Å². The SMILES string of the molecule is CCCOC(c1ccc(OC)cc1)c1c(C)[nH]c2ccccc12. The lowest BCUT2D eigenvalue weighted by Gasteiger charge is -2.19. The van der Waals surface area contributed by atoms with E-state index < -0.39 is 0 Å². The summed E-state index contributed by atoms with van der Waals surface area (Å²) >= 11 is 0. The van der Waals surface area contributed by atoms with Crippen molar-refractivity contribution in [2.24, 2.45) is 0 Å². The number of nitrogens with one attached hydrogen (secondary N) is 1. The van der Waals surface area contributed by atoms with Gasteiger partial charge in [-0.1, -0.05) is 37.3 Å². The van der Waals surface area contributed by atoms with Crippen molar-refractivity contribution in [1.82, 2.24) is 4.98 Å². The number of methoxy groups -OCH3 is 1. The minimum atomic E-state index is -0.0722. The molecule has 0 aliphatic rings. The normalized spacial score (nSPS) is 12.5. The molecule has 0 fully saturated rings. The van der Waals surface area contributed by atoms with Crippen LogP contribution in [-0.2, 0) is 4.74 Å². The minimum Gasteiger partial charge on any atom is -0.497 e. The van der Waals surface area contributed by atoms with E-state index >= 15 is 0 Å². The highest BCUT2D eigenvalue weighted by molar-refractivity contribution is 5.85. The Bertz CT molecular complexity index is 774. The summed E-state index contributed by atoms with van der Waals surface area (Å²) < 4.78 is 11.5. The van der Waals surface area contributed by atoms with Crippen LogP contribution >= 0.6 is 0 Å². The van der Waals surface area contributed by atoms with Crippen molar-refractivity contribution in [3.8, 4) is 5.75 Å². The number of fused-ring (bicyclic) bond motifs is 1. The van der Waals surface area contributed by atoms with E-state index in [-0.39, 0.29) is 6.10 Å². The monoisotopic (exact) mass is 309 g/mol. The van der Waals surface area contributed by atoms with Gasteiger partial charge in [-0.05, 0) is 37.1 Å². The summed E-state index contributed by atoms with van der Waals surface area (Å²) in [5, 5.41) is 1.22. The molecule has 2 aromatic carbocycles. The minimum absolute atomic E-state index is 0.0722. The fourth-order valence-corrected chi connectivity index (χ4v) is 3.00. The molecular weight excluding hydrogens is 286 g/mol. The molecule has 0 aliphatic carbocycles. The summed E-state index contributed by atoms with van der Waals surface area (Å²) in [4.78, 5) is 3.47. The van der Waals surface area contributed by atoms with Crippen molar-refractivity contribution in [1.29, 1.82) is 0 Å². The van der Waals surface area contributed by atoms with Crippen molar-refractivity contribution in [2.75, 3.05) is 13.7 Å². The summed E-state index contributed by atoms with van der Waals surface area (Å²) in [7, 11) is 1.68. The molecule has 1 heterocycles. The number of benzene rings is 2. The Balaban J connectivity index is 2.08. The summed E-state index contributed by atoms with van der Waals surface area (Å²) in [6.07, 6.45) is 0.922. The third-order valence-corrected chi connectivity index (χ3v) is 4.11. The second-order valence-corrected chi connectivity index (χ2v) is 5.73. The smallest absolute Gasteiger partial charge is 0.118 e. The first kappa shape index (κ1) is 15.6. The lowest BCUT2D eigenvalue weighted by atomic mass is 9.98. The molecule has 0 saturated heterocycles. The van der Waals surface area contributed by atoms with E-state index in [4.69, 9.17) is 9.47 Å². The molecular formula is C20H23NO2. The van der Waals surface area contributed by atoms with Crippen molar-refractivity contribution in [3.05, 3.63) is 65.4 Å². The molecule has 0 amide bonds. The standard InChI is InChI=1S/C20H23NO2/c1-4-13-23-20(15-9-11-16(22-3)12-10-15)19-14(2)21-18-8-6-5-7-17(18)19/h5-12,20-21H,4,13H2,1-3H3. The van der Waals surface area contributed by atoms with Gasteiger partial charge in [0, 0.05) is 28.8 Å². The van der Waals surface area contributed by atoms with Crippen LogP contribution in [0, 0.1) is 6.92 Å².